The van der Waals surface area contributed by atoms with Crippen LogP contribution in [0.15, 0.2) is 18.3 Å². The Balaban J connectivity index is 1.99. The van der Waals surface area contributed by atoms with Gasteiger partial charge >= 0.3 is 0 Å². The smallest absolute Gasteiger partial charge is 0.149 e. The molecule has 0 atom stereocenters. The lowest BCUT2D eigenvalue weighted by Crippen LogP contribution is -2.09. The van der Waals surface area contributed by atoms with Gasteiger partial charge in [-0.1, -0.05) is 129 Å². The van der Waals surface area contributed by atoms with Crippen LogP contribution >= 0.6 is 0 Å². The second kappa shape index (κ2) is 22.9. The first kappa shape index (κ1) is 28.8. The van der Waals surface area contributed by atoms with E-state index in [4.69, 9.17) is 0 Å². The second-order valence-corrected chi connectivity index (χ2v) is 9.62. The van der Waals surface area contributed by atoms with E-state index in [-0.39, 0.29) is 0 Å². The summed E-state index contributed by atoms with van der Waals surface area (Å²) in [5, 5.41) is 7.16. The van der Waals surface area contributed by atoms with Crippen LogP contribution in [-0.4, -0.2) is 18.1 Å². The van der Waals surface area contributed by atoms with E-state index in [0.717, 1.165) is 24.6 Å². The van der Waals surface area contributed by atoms with Crippen molar-refractivity contribution in [3.63, 3.8) is 0 Å². The molecule has 0 aliphatic carbocycles. The molecule has 0 spiro atoms. The van der Waals surface area contributed by atoms with Gasteiger partial charge in [-0.05, 0) is 25.0 Å². The SMILES string of the molecule is CCCCCCCCCCCCNc1cccnc1NCCCCCCCCCCCC. The third-order valence-electron chi connectivity index (χ3n) is 6.48. The number of nitrogens with one attached hydrogen (secondary N) is 2. The average molecular weight is 446 g/mol. The molecule has 3 heteroatoms. The van der Waals surface area contributed by atoms with E-state index in [1.165, 1.54) is 128 Å². The van der Waals surface area contributed by atoms with E-state index in [9.17, 15) is 0 Å². The van der Waals surface area contributed by atoms with Crippen LogP contribution in [0.4, 0.5) is 11.5 Å². The van der Waals surface area contributed by atoms with Gasteiger partial charge < -0.3 is 10.6 Å². The Morgan fingerprint density at radius 3 is 1.41 bits per heavy atom. The zero-order valence-electron chi connectivity index (χ0n) is 21.7. The average Bonchev–Trinajstić information content (AvgIpc) is 2.81. The van der Waals surface area contributed by atoms with Crippen molar-refractivity contribution >= 4 is 11.5 Å². The maximum atomic E-state index is 4.56. The van der Waals surface area contributed by atoms with Crippen molar-refractivity contribution in [3.8, 4) is 0 Å². The van der Waals surface area contributed by atoms with Gasteiger partial charge in [0.25, 0.3) is 0 Å². The lowest BCUT2D eigenvalue weighted by Gasteiger charge is -2.12. The minimum atomic E-state index is 1.02. The number of pyridine rings is 1. The standard InChI is InChI=1S/C29H55N3/c1-3-5-7-9-11-13-15-17-19-21-25-30-28-24-23-27-32-29(28)31-26-22-20-18-16-14-12-10-8-6-4-2/h23-24,27,30H,3-22,25-26H2,1-2H3,(H,31,32). The molecule has 0 bridgehead atoms. The van der Waals surface area contributed by atoms with E-state index in [1.807, 2.05) is 12.3 Å². The highest BCUT2D eigenvalue weighted by Crippen LogP contribution is 2.19. The van der Waals surface area contributed by atoms with E-state index < -0.39 is 0 Å². The normalized spacial score (nSPS) is 11.1. The highest BCUT2D eigenvalue weighted by atomic mass is 15.0. The first-order valence-corrected chi connectivity index (χ1v) is 14.3. The van der Waals surface area contributed by atoms with Gasteiger partial charge in [0, 0.05) is 19.3 Å². The lowest BCUT2D eigenvalue weighted by atomic mass is 10.1. The molecule has 0 aliphatic heterocycles. The predicted octanol–water partition coefficient (Wildman–Crippen LogP) is 9.75. The van der Waals surface area contributed by atoms with Crippen molar-refractivity contribution in [1.82, 2.24) is 4.98 Å². The van der Waals surface area contributed by atoms with Crippen molar-refractivity contribution in [2.45, 2.75) is 142 Å². The molecule has 1 aromatic rings. The molecule has 0 unspecified atom stereocenters. The van der Waals surface area contributed by atoms with Crippen molar-refractivity contribution in [2.75, 3.05) is 23.7 Å². The molecule has 1 rings (SSSR count). The highest BCUT2D eigenvalue weighted by molar-refractivity contribution is 5.63. The number of hydrogen-bond acceptors (Lipinski definition) is 3. The van der Waals surface area contributed by atoms with Crippen LogP contribution < -0.4 is 10.6 Å². The Labute approximate surface area is 201 Å². The number of hydrogen-bond donors (Lipinski definition) is 2. The summed E-state index contributed by atoms with van der Waals surface area (Å²) in [5.74, 6) is 1.02. The molecule has 0 aromatic carbocycles. The summed E-state index contributed by atoms with van der Waals surface area (Å²) < 4.78 is 0. The molecule has 32 heavy (non-hydrogen) atoms. The highest BCUT2D eigenvalue weighted by Gasteiger charge is 2.02. The molecular weight excluding hydrogens is 390 g/mol. The molecule has 1 aromatic heterocycles. The molecule has 0 saturated carbocycles. The third-order valence-corrected chi connectivity index (χ3v) is 6.48. The summed E-state index contributed by atoms with van der Waals surface area (Å²) in [7, 11) is 0. The Hall–Kier alpha value is -1.25. The predicted molar refractivity (Wildman–Crippen MR) is 145 cm³/mol. The maximum absolute atomic E-state index is 4.56. The largest absolute Gasteiger partial charge is 0.382 e. The van der Waals surface area contributed by atoms with E-state index in [1.54, 1.807) is 0 Å². The quantitative estimate of drug-likeness (QED) is 0.155. The fourth-order valence-electron chi connectivity index (χ4n) is 4.34. The molecule has 0 radical (unpaired) electrons. The van der Waals surface area contributed by atoms with Gasteiger partial charge in [-0.2, -0.15) is 0 Å². The molecule has 0 saturated heterocycles. The minimum absolute atomic E-state index is 1.02. The summed E-state index contributed by atoms with van der Waals surface area (Å²) in [6.07, 6.45) is 29.6. The van der Waals surface area contributed by atoms with Gasteiger partial charge in [0.15, 0.2) is 0 Å². The summed E-state index contributed by atoms with van der Waals surface area (Å²) in [6.45, 7) is 6.66. The van der Waals surface area contributed by atoms with E-state index >= 15 is 0 Å². The van der Waals surface area contributed by atoms with Crippen molar-refractivity contribution in [1.29, 1.82) is 0 Å². The van der Waals surface area contributed by atoms with Gasteiger partial charge in [0.05, 0.1) is 5.69 Å². The minimum Gasteiger partial charge on any atom is -0.382 e. The fourth-order valence-corrected chi connectivity index (χ4v) is 4.34. The second-order valence-electron chi connectivity index (χ2n) is 9.62. The number of anilines is 2. The molecule has 2 N–H and O–H groups in total. The fraction of sp³-hybridized carbons (Fsp3) is 0.828. The summed E-state index contributed by atoms with van der Waals surface area (Å²) in [6, 6.07) is 4.19. The maximum Gasteiger partial charge on any atom is 0.149 e. The summed E-state index contributed by atoms with van der Waals surface area (Å²) in [5.41, 5.74) is 1.16. The molecule has 3 nitrogen and oxygen atoms in total. The molecule has 0 aliphatic rings. The van der Waals surface area contributed by atoms with Crippen LogP contribution in [0.3, 0.4) is 0 Å². The van der Waals surface area contributed by atoms with Crippen molar-refractivity contribution in [2.24, 2.45) is 0 Å². The molecule has 0 amide bonds. The number of unbranched alkanes of at least 4 members (excludes halogenated alkanes) is 18. The summed E-state index contributed by atoms with van der Waals surface area (Å²) in [4.78, 5) is 4.56. The van der Waals surface area contributed by atoms with Gasteiger partial charge in [-0.15, -0.1) is 0 Å². The van der Waals surface area contributed by atoms with Crippen LogP contribution in [0.5, 0.6) is 0 Å². The van der Waals surface area contributed by atoms with Crippen molar-refractivity contribution < 1.29 is 0 Å². The van der Waals surface area contributed by atoms with Crippen LogP contribution in [-0.2, 0) is 0 Å². The van der Waals surface area contributed by atoms with Gasteiger partial charge in [-0.25, -0.2) is 4.98 Å². The summed E-state index contributed by atoms with van der Waals surface area (Å²) >= 11 is 0. The Morgan fingerprint density at radius 1 is 0.531 bits per heavy atom. The van der Waals surface area contributed by atoms with Gasteiger partial charge in [0.2, 0.25) is 0 Å². The Morgan fingerprint density at radius 2 is 0.938 bits per heavy atom. The lowest BCUT2D eigenvalue weighted by molar-refractivity contribution is 0.559. The zero-order chi connectivity index (χ0) is 23.0. The Kier molecular flexibility index (Phi) is 20.6. The first-order valence-electron chi connectivity index (χ1n) is 14.3. The van der Waals surface area contributed by atoms with Crippen LogP contribution in [0.2, 0.25) is 0 Å². The monoisotopic (exact) mass is 445 g/mol. The van der Waals surface area contributed by atoms with Crippen LogP contribution in [0.25, 0.3) is 0 Å². The zero-order valence-corrected chi connectivity index (χ0v) is 21.7. The van der Waals surface area contributed by atoms with Gasteiger partial charge in [-0.3, -0.25) is 0 Å². The third kappa shape index (κ3) is 17.3. The van der Waals surface area contributed by atoms with E-state index in [2.05, 4.69) is 35.5 Å². The molecular formula is C29H55N3. The van der Waals surface area contributed by atoms with Crippen LogP contribution in [0, 0.1) is 0 Å². The topological polar surface area (TPSA) is 37.0 Å². The number of nitrogens with zero attached hydrogens (tertiary/aromatic N) is 1. The molecule has 1 heterocycles. The molecule has 186 valence electrons. The van der Waals surface area contributed by atoms with Crippen molar-refractivity contribution in [3.05, 3.63) is 18.3 Å². The van der Waals surface area contributed by atoms with Gasteiger partial charge in [0.1, 0.15) is 5.82 Å². The van der Waals surface area contributed by atoms with E-state index in [0.29, 0.717) is 0 Å². The number of rotatable bonds is 24. The number of aromatic nitrogens is 1. The van der Waals surface area contributed by atoms with Crippen LogP contribution in [0.1, 0.15) is 142 Å². The first-order chi connectivity index (χ1) is 15.9. The molecule has 0 fully saturated rings. The Bertz CT molecular complexity index is 458.